The van der Waals surface area contributed by atoms with E-state index < -0.39 is 0 Å². The molecule has 0 atom stereocenters. The fourth-order valence-electron chi connectivity index (χ4n) is 0.819. The van der Waals surface area contributed by atoms with Crippen LogP contribution in [0.1, 0.15) is 5.56 Å². The van der Waals surface area contributed by atoms with Crippen molar-refractivity contribution < 1.29 is 4.74 Å². The van der Waals surface area contributed by atoms with Gasteiger partial charge in [0, 0.05) is 0 Å². The third-order valence-corrected chi connectivity index (χ3v) is 1.43. The molecule has 0 unspecified atom stereocenters. The first-order valence-corrected chi connectivity index (χ1v) is 3.70. The first kappa shape index (κ1) is 9.25. The third kappa shape index (κ3) is 2.94. The van der Waals surface area contributed by atoms with E-state index in [-0.39, 0.29) is 12.7 Å². The molecule has 0 aromatic heterocycles. The number of nitriles is 2. The van der Waals surface area contributed by atoms with E-state index in [0.717, 1.165) is 5.56 Å². The largest absolute Gasteiger partial charge is 0.339 e. The SMILES string of the molecule is N#C[C](C#N)OCc1ccccc1. The highest BCUT2D eigenvalue weighted by molar-refractivity contribution is 5.20. The molecular formula is C10H7N2O. The van der Waals surface area contributed by atoms with Gasteiger partial charge in [0.15, 0.2) is 0 Å². The molecule has 1 aromatic rings. The molecule has 0 saturated carbocycles. The molecule has 0 aliphatic carbocycles. The molecular weight excluding hydrogens is 164 g/mol. The standard InChI is InChI=1S/C10H7N2O/c11-6-10(7-12)13-8-9-4-2-1-3-5-9/h1-5H,8H2. The van der Waals surface area contributed by atoms with Crippen LogP contribution in [0.3, 0.4) is 0 Å². The summed E-state index contributed by atoms with van der Waals surface area (Å²) in [7, 11) is 0. The van der Waals surface area contributed by atoms with Crippen LogP contribution in [0.5, 0.6) is 0 Å². The first-order chi connectivity index (χ1) is 6.36. The Kier molecular flexibility index (Phi) is 3.50. The quantitative estimate of drug-likeness (QED) is 0.696. The Morgan fingerprint density at radius 1 is 1.15 bits per heavy atom. The van der Waals surface area contributed by atoms with E-state index in [4.69, 9.17) is 15.3 Å². The lowest BCUT2D eigenvalue weighted by Gasteiger charge is -2.01. The maximum absolute atomic E-state index is 8.37. The van der Waals surface area contributed by atoms with E-state index >= 15 is 0 Å². The maximum Gasteiger partial charge on any atom is 0.298 e. The zero-order chi connectivity index (χ0) is 9.52. The predicted molar refractivity (Wildman–Crippen MR) is 45.7 cm³/mol. The molecule has 63 valence electrons. The van der Waals surface area contributed by atoms with E-state index in [0.29, 0.717) is 0 Å². The van der Waals surface area contributed by atoms with E-state index in [2.05, 4.69) is 0 Å². The van der Waals surface area contributed by atoms with Crippen molar-refractivity contribution in [3.05, 3.63) is 42.0 Å². The zero-order valence-corrected chi connectivity index (χ0v) is 6.90. The summed E-state index contributed by atoms with van der Waals surface area (Å²) >= 11 is 0. The molecule has 0 saturated heterocycles. The van der Waals surface area contributed by atoms with Crippen LogP contribution >= 0.6 is 0 Å². The Bertz CT molecular complexity index is 320. The molecule has 0 spiro atoms. The highest BCUT2D eigenvalue weighted by Crippen LogP contribution is 2.05. The van der Waals surface area contributed by atoms with Crippen molar-refractivity contribution in [2.24, 2.45) is 0 Å². The van der Waals surface area contributed by atoms with Gasteiger partial charge in [0.1, 0.15) is 12.1 Å². The molecule has 1 rings (SSSR count). The molecule has 0 N–H and O–H groups in total. The average Bonchev–Trinajstić information content (AvgIpc) is 2.21. The van der Waals surface area contributed by atoms with Gasteiger partial charge in [-0.05, 0) is 5.56 Å². The number of hydrogen-bond acceptors (Lipinski definition) is 3. The lowest BCUT2D eigenvalue weighted by Crippen LogP contribution is -1.97. The number of ether oxygens (including phenoxy) is 1. The molecule has 3 nitrogen and oxygen atoms in total. The van der Waals surface area contributed by atoms with Gasteiger partial charge in [-0.3, -0.25) is 0 Å². The molecule has 3 heteroatoms. The Balaban J connectivity index is 2.45. The summed E-state index contributed by atoms with van der Waals surface area (Å²) in [4.78, 5) is 0. The van der Waals surface area contributed by atoms with Crippen LogP contribution in [-0.4, -0.2) is 0 Å². The molecule has 0 bridgehead atoms. The van der Waals surface area contributed by atoms with Crippen LogP contribution in [0.25, 0.3) is 0 Å². The Morgan fingerprint density at radius 2 is 1.77 bits per heavy atom. The van der Waals surface area contributed by atoms with Gasteiger partial charge in [-0.1, -0.05) is 30.3 Å². The first-order valence-electron chi connectivity index (χ1n) is 3.70. The van der Waals surface area contributed by atoms with Crippen LogP contribution in [-0.2, 0) is 11.3 Å². The molecule has 0 fully saturated rings. The van der Waals surface area contributed by atoms with Gasteiger partial charge in [-0.25, -0.2) is 0 Å². The van der Waals surface area contributed by atoms with Gasteiger partial charge in [0.05, 0.1) is 6.61 Å². The molecule has 1 radical (unpaired) electrons. The van der Waals surface area contributed by atoms with Crippen molar-refractivity contribution in [1.29, 1.82) is 10.5 Å². The van der Waals surface area contributed by atoms with E-state index in [1.807, 2.05) is 30.3 Å². The molecule has 0 amide bonds. The predicted octanol–water partition coefficient (Wildman–Crippen LogP) is 1.78. The highest BCUT2D eigenvalue weighted by Gasteiger charge is 2.06. The monoisotopic (exact) mass is 171 g/mol. The molecule has 1 aromatic carbocycles. The molecule has 0 aliphatic rings. The van der Waals surface area contributed by atoms with Crippen molar-refractivity contribution in [3.63, 3.8) is 0 Å². The number of benzene rings is 1. The topological polar surface area (TPSA) is 56.8 Å². The molecule has 0 heterocycles. The van der Waals surface area contributed by atoms with E-state index in [1.165, 1.54) is 0 Å². The Labute approximate surface area is 76.8 Å². The zero-order valence-electron chi connectivity index (χ0n) is 6.90. The Hall–Kier alpha value is -1.84. The lowest BCUT2D eigenvalue weighted by atomic mass is 10.2. The molecule has 0 aliphatic heterocycles. The van der Waals surface area contributed by atoms with Gasteiger partial charge in [0.25, 0.3) is 6.10 Å². The van der Waals surface area contributed by atoms with Crippen molar-refractivity contribution in [2.45, 2.75) is 6.61 Å². The van der Waals surface area contributed by atoms with Crippen LogP contribution in [0.4, 0.5) is 0 Å². The van der Waals surface area contributed by atoms with Gasteiger partial charge >= 0.3 is 0 Å². The second-order valence-electron chi connectivity index (χ2n) is 2.33. The summed E-state index contributed by atoms with van der Waals surface area (Å²) < 4.78 is 4.92. The van der Waals surface area contributed by atoms with E-state index in [1.54, 1.807) is 12.1 Å². The normalized spacial score (nSPS) is 9.15. The van der Waals surface area contributed by atoms with Crippen LogP contribution in [0.2, 0.25) is 0 Å². The number of hydrogen-bond donors (Lipinski definition) is 0. The van der Waals surface area contributed by atoms with Crippen LogP contribution in [0.15, 0.2) is 30.3 Å². The number of rotatable bonds is 3. The summed E-state index contributed by atoms with van der Waals surface area (Å²) in [5.41, 5.74) is 0.936. The minimum Gasteiger partial charge on any atom is -0.339 e. The fourth-order valence-corrected chi connectivity index (χ4v) is 0.819. The van der Waals surface area contributed by atoms with Gasteiger partial charge in [-0.2, -0.15) is 10.5 Å². The highest BCUT2D eigenvalue weighted by atomic mass is 16.5. The van der Waals surface area contributed by atoms with Gasteiger partial charge < -0.3 is 4.74 Å². The number of nitrogens with zero attached hydrogens (tertiary/aromatic N) is 2. The minimum absolute atomic E-state index is 0.205. The average molecular weight is 171 g/mol. The summed E-state index contributed by atoms with van der Waals surface area (Å²) in [5, 5.41) is 16.7. The summed E-state index contributed by atoms with van der Waals surface area (Å²) in [6, 6.07) is 12.7. The third-order valence-electron chi connectivity index (χ3n) is 1.43. The van der Waals surface area contributed by atoms with Gasteiger partial charge in [0.2, 0.25) is 0 Å². The van der Waals surface area contributed by atoms with E-state index in [9.17, 15) is 0 Å². The van der Waals surface area contributed by atoms with Crippen molar-refractivity contribution in [2.75, 3.05) is 0 Å². The smallest absolute Gasteiger partial charge is 0.298 e. The van der Waals surface area contributed by atoms with Crippen LogP contribution < -0.4 is 0 Å². The fraction of sp³-hybridized carbons (Fsp3) is 0.100. The molecule has 13 heavy (non-hydrogen) atoms. The van der Waals surface area contributed by atoms with Gasteiger partial charge in [-0.15, -0.1) is 0 Å². The maximum atomic E-state index is 8.37. The summed E-state index contributed by atoms with van der Waals surface area (Å²) in [6.45, 7) is 0.261. The minimum atomic E-state index is -0.205. The summed E-state index contributed by atoms with van der Waals surface area (Å²) in [6.07, 6.45) is -0.205. The summed E-state index contributed by atoms with van der Waals surface area (Å²) in [5.74, 6) is 0. The van der Waals surface area contributed by atoms with Crippen molar-refractivity contribution in [1.82, 2.24) is 0 Å². The van der Waals surface area contributed by atoms with Crippen molar-refractivity contribution >= 4 is 0 Å². The lowest BCUT2D eigenvalue weighted by molar-refractivity contribution is 0.176. The second-order valence-corrected chi connectivity index (χ2v) is 2.33. The van der Waals surface area contributed by atoms with Crippen LogP contribution in [0, 0.1) is 28.8 Å². The van der Waals surface area contributed by atoms with Crippen molar-refractivity contribution in [3.8, 4) is 12.1 Å². The second kappa shape index (κ2) is 4.92. The Morgan fingerprint density at radius 3 is 2.31 bits per heavy atom.